The maximum Gasteiger partial charge on any atom is 0.257 e. The van der Waals surface area contributed by atoms with Gasteiger partial charge in [0.25, 0.3) is 5.91 Å². The highest BCUT2D eigenvalue weighted by Gasteiger charge is 2.35. The van der Waals surface area contributed by atoms with Crippen LogP contribution >= 0.6 is 22.7 Å². The topological polar surface area (TPSA) is 48.4 Å². The Morgan fingerprint density at radius 2 is 1.82 bits per heavy atom. The second-order valence-electron chi connectivity index (χ2n) is 8.16. The first-order chi connectivity index (χ1) is 16.2. The van der Waals surface area contributed by atoms with Crippen molar-refractivity contribution >= 4 is 40.0 Å². The fourth-order valence-electron chi connectivity index (χ4n) is 4.44. The van der Waals surface area contributed by atoms with Gasteiger partial charge in [0.1, 0.15) is 5.75 Å². The molecule has 2 aromatic heterocycles. The monoisotopic (exact) mass is 480 g/mol. The van der Waals surface area contributed by atoms with Crippen LogP contribution in [-0.4, -0.2) is 60.9 Å². The minimum Gasteiger partial charge on any atom is -0.492 e. The summed E-state index contributed by atoms with van der Waals surface area (Å²) in [6, 6.07) is 16.5. The third kappa shape index (κ3) is 4.83. The lowest BCUT2D eigenvalue weighted by atomic mass is 10.1. The fraction of sp³-hybridized carbons (Fsp3) is 0.360. The average molecular weight is 481 g/mol. The Balaban J connectivity index is 1.25. The van der Waals surface area contributed by atoms with Crippen molar-refractivity contribution in [2.75, 3.05) is 44.2 Å². The summed E-state index contributed by atoms with van der Waals surface area (Å²) in [4.78, 5) is 20.3. The van der Waals surface area contributed by atoms with Gasteiger partial charge in [-0.1, -0.05) is 24.3 Å². The smallest absolute Gasteiger partial charge is 0.257 e. The number of hydrogen-bond donors (Lipinski definition) is 0. The zero-order chi connectivity index (χ0) is 22.6. The van der Waals surface area contributed by atoms with Gasteiger partial charge in [-0.25, -0.2) is 5.01 Å². The Labute approximate surface area is 202 Å². The van der Waals surface area contributed by atoms with E-state index in [9.17, 15) is 4.79 Å². The molecular weight excluding hydrogens is 452 g/mol. The number of rotatable bonds is 7. The van der Waals surface area contributed by atoms with Gasteiger partial charge in [-0.3, -0.25) is 9.69 Å². The molecular formula is C25H28N4O2S2. The number of anilines is 1. The van der Waals surface area contributed by atoms with E-state index >= 15 is 0 Å². The van der Waals surface area contributed by atoms with Gasteiger partial charge >= 0.3 is 0 Å². The lowest BCUT2D eigenvalue weighted by Gasteiger charge is -2.37. The molecule has 4 heterocycles. The van der Waals surface area contributed by atoms with E-state index in [4.69, 9.17) is 9.84 Å². The van der Waals surface area contributed by atoms with Crippen molar-refractivity contribution in [3.05, 3.63) is 69.0 Å². The van der Waals surface area contributed by atoms with Crippen molar-refractivity contribution in [2.45, 2.75) is 19.4 Å². The number of para-hydroxylation sites is 2. The molecule has 0 bridgehead atoms. The van der Waals surface area contributed by atoms with Crippen LogP contribution in [0.1, 0.15) is 29.1 Å². The molecule has 3 aromatic rings. The third-order valence-electron chi connectivity index (χ3n) is 6.08. The van der Waals surface area contributed by atoms with Crippen LogP contribution in [0.3, 0.4) is 0 Å². The minimum atomic E-state index is -0.00559. The van der Waals surface area contributed by atoms with Crippen molar-refractivity contribution in [3.63, 3.8) is 0 Å². The number of hydrazone groups is 1. The van der Waals surface area contributed by atoms with Crippen LogP contribution in [0.15, 0.2) is 64.4 Å². The standard InChI is InChI=1S/C25H28N4O2S2/c1-2-31-22-8-4-3-7-20(22)28-13-11-27(12-14-28)18-25(30)29-21(24-10-6-16-33-24)17-19(26-29)23-9-5-15-32-23/h3-10,15-16,21H,2,11-14,17-18H2,1H3. The number of hydrogen-bond acceptors (Lipinski definition) is 7. The normalized spacial score (nSPS) is 19.1. The van der Waals surface area contributed by atoms with Crippen LogP contribution < -0.4 is 9.64 Å². The summed E-state index contributed by atoms with van der Waals surface area (Å²) >= 11 is 3.37. The molecule has 1 unspecified atom stereocenters. The van der Waals surface area contributed by atoms with Gasteiger partial charge < -0.3 is 9.64 Å². The summed E-state index contributed by atoms with van der Waals surface area (Å²) in [5.74, 6) is 0.999. The molecule has 5 rings (SSSR count). The van der Waals surface area contributed by atoms with Crippen molar-refractivity contribution in [1.29, 1.82) is 0 Å². The summed E-state index contributed by atoms with van der Waals surface area (Å²) in [5.41, 5.74) is 2.14. The lowest BCUT2D eigenvalue weighted by molar-refractivity contribution is -0.134. The number of carbonyl (C=O) groups excluding carboxylic acids is 1. The number of amides is 1. The first-order valence-electron chi connectivity index (χ1n) is 11.4. The highest BCUT2D eigenvalue weighted by Crippen LogP contribution is 2.36. The van der Waals surface area contributed by atoms with Gasteiger partial charge in [-0.2, -0.15) is 5.10 Å². The number of thiophene rings is 2. The fourth-order valence-corrected chi connectivity index (χ4v) is 5.97. The second-order valence-corrected chi connectivity index (χ2v) is 10.1. The maximum atomic E-state index is 13.4. The van der Waals surface area contributed by atoms with Crippen molar-refractivity contribution in [1.82, 2.24) is 9.91 Å². The van der Waals surface area contributed by atoms with E-state index in [1.165, 1.54) is 4.88 Å². The summed E-state index contributed by atoms with van der Waals surface area (Å²) in [6.07, 6.45) is 0.773. The molecule has 1 atom stereocenters. The Bertz CT molecular complexity index is 1090. The first kappa shape index (κ1) is 22.1. The SMILES string of the molecule is CCOc1ccccc1N1CCN(CC(=O)N2N=C(c3cccs3)CC2c2cccs2)CC1. The summed E-state index contributed by atoms with van der Waals surface area (Å²) in [6.45, 7) is 6.47. The Morgan fingerprint density at radius 3 is 2.55 bits per heavy atom. The minimum absolute atomic E-state index is 0.00559. The zero-order valence-corrected chi connectivity index (χ0v) is 20.4. The predicted molar refractivity (Wildman–Crippen MR) is 136 cm³/mol. The Morgan fingerprint density at radius 1 is 1.03 bits per heavy atom. The molecule has 0 radical (unpaired) electrons. The van der Waals surface area contributed by atoms with E-state index in [0.717, 1.165) is 54.6 Å². The number of ether oxygens (including phenoxy) is 1. The highest BCUT2D eigenvalue weighted by molar-refractivity contribution is 7.12. The summed E-state index contributed by atoms with van der Waals surface area (Å²) < 4.78 is 5.81. The van der Waals surface area contributed by atoms with Crippen LogP contribution in [0.4, 0.5) is 5.69 Å². The number of nitrogens with zero attached hydrogens (tertiary/aromatic N) is 4. The van der Waals surface area contributed by atoms with E-state index in [1.807, 2.05) is 31.2 Å². The summed E-state index contributed by atoms with van der Waals surface area (Å²) in [5, 5.41) is 10.7. The molecule has 1 aromatic carbocycles. The van der Waals surface area contributed by atoms with Gasteiger partial charge in [0.05, 0.1) is 35.5 Å². The van der Waals surface area contributed by atoms with E-state index in [2.05, 4.69) is 44.8 Å². The zero-order valence-electron chi connectivity index (χ0n) is 18.7. The van der Waals surface area contributed by atoms with Crippen LogP contribution in [0.2, 0.25) is 0 Å². The quantitative estimate of drug-likeness (QED) is 0.492. The number of piperazine rings is 1. The molecule has 0 spiro atoms. The molecule has 1 amide bonds. The second kappa shape index (κ2) is 10.1. The molecule has 0 aliphatic carbocycles. The molecule has 2 aliphatic heterocycles. The Kier molecular flexibility index (Phi) is 6.75. The molecule has 1 saturated heterocycles. The van der Waals surface area contributed by atoms with Gasteiger partial charge in [-0.05, 0) is 41.9 Å². The first-order valence-corrected chi connectivity index (χ1v) is 13.1. The Hall–Kier alpha value is -2.68. The molecule has 8 heteroatoms. The van der Waals surface area contributed by atoms with Crippen molar-refractivity contribution in [3.8, 4) is 5.75 Å². The average Bonchev–Trinajstić information content (AvgIpc) is 3.61. The summed E-state index contributed by atoms with van der Waals surface area (Å²) in [7, 11) is 0. The van der Waals surface area contributed by atoms with E-state index in [0.29, 0.717) is 13.2 Å². The van der Waals surface area contributed by atoms with Crippen LogP contribution in [-0.2, 0) is 4.79 Å². The molecule has 0 saturated carbocycles. The van der Waals surface area contributed by atoms with E-state index in [1.54, 1.807) is 27.7 Å². The molecule has 33 heavy (non-hydrogen) atoms. The van der Waals surface area contributed by atoms with Crippen LogP contribution in [0, 0.1) is 0 Å². The maximum absolute atomic E-state index is 13.4. The largest absolute Gasteiger partial charge is 0.492 e. The van der Waals surface area contributed by atoms with Gasteiger partial charge in [0, 0.05) is 37.5 Å². The molecule has 6 nitrogen and oxygen atoms in total. The molecule has 1 fully saturated rings. The molecule has 2 aliphatic rings. The van der Waals surface area contributed by atoms with E-state index < -0.39 is 0 Å². The van der Waals surface area contributed by atoms with Gasteiger partial charge in [0.2, 0.25) is 0 Å². The molecule has 0 N–H and O–H groups in total. The van der Waals surface area contributed by atoms with Gasteiger partial charge in [0.15, 0.2) is 0 Å². The van der Waals surface area contributed by atoms with Crippen LogP contribution in [0.25, 0.3) is 0 Å². The third-order valence-corrected chi connectivity index (χ3v) is 7.97. The predicted octanol–water partition coefficient (Wildman–Crippen LogP) is 4.71. The van der Waals surface area contributed by atoms with Crippen molar-refractivity contribution in [2.24, 2.45) is 5.10 Å². The number of carbonyl (C=O) groups is 1. The lowest BCUT2D eigenvalue weighted by Crippen LogP contribution is -2.49. The highest BCUT2D eigenvalue weighted by atomic mass is 32.1. The van der Waals surface area contributed by atoms with Crippen LogP contribution in [0.5, 0.6) is 5.75 Å². The van der Waals surface area contributed by atoms with E-state index in [-0.39, 0.29) is 11.9 Å². The number of benzene rings is 1. The van der Waals surface area contributed by atoms with Crippen molar-refractivity contribution < 1.29 is 9.53 Å². The van der Waals surface area contributed by atoms with Gasteiger partial charge in [-0.15, -0.1) is 22.7 Å². The molecule has 172 valence electrons.